The van der Waals surface area contributed by atoms with Crippen molar-refractivity contribution in [2.75, 3.05) is 25.6 Å². The first-order chi connectivity index (χ1) is 6.56. The zero-order valence-corrected chi connectivity index (χ0v) is 16.9. The number of rotatable bonds is 3. The van der Waals surface area contributed by atoms with Gasteiger partial charge >= 0.3 is 19.5 Å². The summed E-state index contributed by atoms with van der Waals surface area (Å²) in [5, 5.41) is 0. The molecule has 0 N–H and O–H groups in total. The Bertz CT molecular complexity index is 312. The molecule has 18 heavy (non-hydrogen) atoms. The molecule has 1 rings (SSSR count). The van der Waals surface area contributed by atoms with Crippen LogP contribution in [0.25, 0.3) is 0 Å². The summed E-state index contributed by atoms with van der Waals surface area (Å²) in [6, 6.07) is 4.30. The summed E-state index contributed by atoms with van der Waals surface area (Å²) < 4.78 is 5.58. The number of hydrogen-bond acceptors (Lipinski definition) is 2. The third-order valence-electron chi connectivity index (χ3n) is 2.25. The molecule has 0 bridgehead atoms. The second-order valence-corrected chi connectivity index (χ2v) is 3.74. The molecule has 6 heteroatoms. The van der Waals surface area contributed by atoms with Crippen LogP contribution in [-0.2, 0) is 19.5 Å². The van der Waals surface area contributed by atoms with Crippen LogP contribution in [0.5, 0.6) is 5.75 Å². The van der Waals surface area contributed by atoms with E-state index in [1.165, 1.54) is 16.8 Å². The van der Waals surface area contributed by atoms with E-state index in [2.05, 4.69) is 45.0 Å². The third kappa shape index (κ3) is 7.04. The van der Waals surface area contributed by atoms with Gasteiger partial charge < -0.3 is 34.5 Å². The van der Waals surface area contributed by atoms with E-state index in [1.807, 2.05) is 6.92 Å². The normalized spacial score (nSPS) is 7.83. The van der Waals surface area contributed by atoms with Gasteiger partial charge in [-0.2, -0.15) is 0 Å². The minimum Gasteiger partial charge on any atom is -1.00 e. The van der Waals surface area contributed by atoms with Crippen LogP contribution in [0.2, 0.25) is 0 Å². The Kier molecular flexibility index (Phi) is 18.4. The van der Waals surface area contributed by atoms with Gasteiger partial charge in [0.25, 0.3) is 0 Å². The molecule has 102 valence electrons. The quantitative estimate of drug-likeness (QED) is 0.536. The second kappa shape index (κ2) is 12.4. The van der Waals surface area contributed by atoms with Gasteiger partial charge in [-0.3, -0.25) is 0 Å². The van der Waals surface area contributed by atoms with Crippen LogP contribution in [0.1, 0.15) is 18.1 Å². The standard InChI is InChI=1S/C12H19NO.3ClH.Zn/c1-6-14-12-9(2)7-11(13(4)5)8-10(12)3;;;;/h7-8H,6H2,1-5H3;3*1H;/q;;;;+2/p-2. The summed E-state index contributed by atoms with van der Waals surface area (Å²) in [7, 11) is 4.10. The van der Waals surface area contributed by atoms with Crippen molar-refractivity contribution in [3.63, 3.8) is 0 Å². The monoisotopic (exact) mass is 363 g/mol. The Hall–Kier alpha value is 0.313. The second-order valence-electron chi connectivity index (χ2n) is 3.74. The molecule has 2 nitrogen and oxygen atoms in total. The summed E-state index contributed by atoms with van der Waals surface area (Å²) in [5.41, 5.74) is 3.63. The van der Waals surface area contributed by atoms with Crippen molar-refractivity contribution in [3.8, 4) is 5.75 Å². The fourth-order valence-corrected chi connectivity index (χ4v) is 1.56. The maximum atomic E-state index is 5.58. The van der Waals surface area contributed by atoms with E-state index in [0.717, 1.165) is 12.4 Å². The van der Waals surface area contributed by atoms with Crippen molar-refractivity contribution in [2.24, 2.45) is 0 Å². The number of halogens is 3. The molecule has 1 aromatic carbocycles. The van der Waals surface area contributed by atoms with Crippen molar-refractivity contribution in [1.82, 2.24) is 0 Å². The van der Waals surface area contributed by atoms with Gasteiger partial charge in [0.05, 0.1) is 6.61 Å². The van der Waals surface area contributed by atoms with Crippen molar-refractivity contribution < 1.29 is 49.0 Å². The maximum Gasteiger partial charge on any atom is 2.00 e. The van der Waals surface area contributed by atoms with E-state index >= 15 is 0 Å². The van der Waals surface area contributed by atoms with Crippen molar-refractivity contribution >= 4 is 18.1 Å². The van der Waals surface area contributed by atoms with Gasteiger partial charge in [-0.1, -0.05) is 0 Å². The minimum atomic E-state index is 0. The van der Waals surface area contributed by atoms with Gasteiger partial charge in [-0.05, 0) is 44.0 Å². The Balaban J connectivity index is -0.000000245. The molecular weight excluding hydrogens is 346 g/mol. The Morgan fingerprint density at radius 3 is 1.72 bits per heavy atom. The SMILES string of the molecule is CCOc1c(C)cc(N(C)C)cc1C.Cl.[Cl-].[Cl-].[Zn+2]. The van der Waals surface area contributed by atoms with Crippen LogP contribution in [0.4, 0.5) is 5.69 Å². The summed E-state index contributed by atoms with van der Waals surface area (Å²) in [5.74, 6) is 1.03. The first kappa shape index (κ1) is 26.8. The molecule has 0 amide bonds. The van der Waals surface area contributed by atoms with E-state index in [9.17, 15) is 0 Å². The van der Waals surface area contributed by atoms with Crippen LogP contribution in [0.15, 0.2) is 12.1 Å². The Labute approximate surface area is 142 Å². The number of aryl methyl sites for hydroxylation is 2. The van der Waals surface area contributed by atoms with E-state index < -0.39 is 0 Å². The number of nitrogens with zero attached hydrogens (tertiary/aromatic N) is 1. The molecule has 0 atom stereocenters. The van der Waals surface area contributed by atoms with Gasteiger partial charge in [0.2, 0.25) is 0 Å². The van der Waals surface area contributed by atoms with Gasteiger partial charge in [0.1, 0.15) is 5.75 Å². The molecule has 0 unspecified atom stereocenters. The zero-order valence-electron chi connectivity index (χ0n) is 11.6. The van der Waals surface area contributed by atoms with E-state index in [0.29, 0.717) is 0 Å². The van der Waals surface area contributed by atoms with Crippen molar-refractivity contribution in [2.45, 2.75) is 20.8 Å². The molecule has 0 aliphatic rings. The van der Waals surface area contributed by atoms with Crippen LogP contribution < -0.4 is 34.5 Å². The molecule has 0 aliphatic heterocycles. The number of hydrogen-bond donors (Lipinski definition) is 0. The smallest absolute Gasteiger partial charge is 1.00 e. The van der Waals surface area contributed by atoms with Crippen LogP contribution in [0.3, 0.4) is 0 Å². The molecule has 0 saturated heterocycles. The van der Waals surface area contributed by atoms with Gasteiger partial charge in [0, 0.05) is 19.8 Å². The molecule has 0 spiro atoms. The zero-order chi connectivity index (χ0) is 10.7. The average molecular weight is 366 g/mol. The Morgan fingerprint density at radius 2 is 1.44 bits per heavy atom. The average Bonchev–Trinajstić information content (AvgIpc) is 2.10. The molecule has 0 aliphatic carbocycles. The van der Waals surface area contributed by atoms with E-state index in [4.69, 9.17) is 4.74 Å². The number of benzene rings is 1. The number of anilines is 1. The predicted octanol–water partition coefficient (Wildman–Crippen LogP) is -2.80. The fraction of sp³-hybridized carbons (Fsp3) is 0.500. The van der Waals surface area contributed by atoms with Crippen molar-refractivity contribution in [3.05, 3.63) is 23.3 Å². The molecular formula is C12H20Cl3NOZn. The third-order valence-corrected chi connectivity index (χ3v) is 2.25. The Morgan fingerprint density at radius 1 is 1.06 bits per heavy atom. The van der Waals surface area contributed by atoms with E-state index in [1.54, 1.807) is 0 Å². The maximum absolute atomic E-state index is 5.58. The number of ether oxygens (including phenoxy) is 1. The summed E-state index contributed by atoms with van der Waals surface area (Å²) in [4.78, 5) is 2.11. The van der Waals surface area contributed by atoms with Crippen LogP contribution in [0, 0.1) is 13.8 Å². The molecule has 0 heterocycles. The summed E-state index contributed by atoms with van der Waals surface area (Å²) in [6.07, 6.45) is 0. The largest absolute Gasteiger partial charge is 2.00 e. The van der Waals surface area contributed by atoms with Crippen LogP contribution >= 0.6 is 12.4 Å². The predicted molar refractivity (Wildman–Crippen MR) is 68.7 cm³/mol. The summed E-state index contributed by atoms with van der Waals surface area (Å²) >= 11 is 0. The molecule has 0 saturated carbocycles. The van der Waals surface area contributed by atoms with Crippen LogP contribution in [-0.4, -0.2) is 20.7 Å². The first-order valence-corrected chi connectivity index (χ1v) is 4.97. The molecule has 0 fully saturated rings. The van der Waals surface area contributed by atoms with Gasteiger partial charge in [-0.15, -0.1) is 12.4 Å². The minimum absolute atomic E-state index is 0. The topological polar surface area (TPSA) is 12.5 Å². The first-order valence-electron chi connectivity index (χ1n) is 4.97. The van der Waals surface area contributed by atoms with E-state index in [-0.39, 0.29) is 56.7 Å². The van der Waals surface area contributed by atoms with Gasteiger partial charge in [-0.25, -0.2) is 0 Å². The summed E-state index contributed by atoms with van der Waals surface area (Å²) in [6.45, 7) is 6.91. The molecule has 1 aromatic rings. The molecule has 0 aromatic heterocycles. The molecule has 0 radical (unpaired) electrons. The van der Waals surface area contributed by atoms with Gasteiger partial charge in [0.15, 0.2) is 0 Å². The van der Waals surface area contributed by atoms with Crippen molar-refractivity contribution in [1.29, 1.82) is 0 Å². The fourth-order valence-electron chi connectivity index (χ4n) is 1.56.